The van der Waals surface area contributed by atoms with Crippen molar-refractivity contribution in [3.63, 3.8) is 0 Å². The summed E-state index contributed by atoms with van der Waals surface area (Å²) in [5.74, 6) is 0. The van der Waals surface area contributed by atoms with Gasteiger partial charge in [-0.25, -0.2) is 0 Å². The molecule has 0 atom stereocenters. The third kappa shape index (κ3) is 5.42. The fourth-order valence-electron chi connectivity index (χ4n) is 8.65. The van der Waals surface area contributed by atoms with Crippen molar-refractivity contribution in [3.05, 3.63) is 157 Å². The average Bonchev–Trinajstić information content (AvgIpc) is 3.57. The molecular formula is C50H42BNOS. The summed E-state index contributed by atoms with van der Waals surface area (Å²) >= 11 is 1.93. The van der Waals surface area contributed by atoms with E-state index < -0.39 is 0 Å². The summed E-state index contributed by atoms with van der Waals surface area (Å²) in [7, 11) is 0. The van der Waals surface area contributed by atoms with Gasteiger partial charge in [0, 0.05) is 38.0 Å². The van der Waals surface area contributed by atoms with Crippen LogP contribution in [0.5, 0.6) is 0 Å². The van der Waals surface area contributed by atoms with Crippen molar-refractivity contribution in [1.29, 1.82) is 0 Å². The third-order valence-electron chi connectivity index (χ3n) is 11.5. The van der Waals surface area contributed by atoms with Crippen molar-refractivity contribution in [2.75, 3.05) is 4.90 Å². The number of nitrogens with zero attached hydrogens (tertiary/aromatic N) is 1. The highest BCUT2D eigenvalue weighted by molar-refractivity contribution is 8.00. The van der Waals surface area contributed by atoms with E-state index in [2.05, 4.69) is 178 Å². The molecule has 8 aromatic rings. The lowest BCUT2D eigenvalue weighted by atomic mass is 9.34. The molecule has 0 radical (unpaired) electrons. The summed E-state index contributed by atoms with van der Waals surface area (Å²) in [5.41, 5.74) is 17.4. The zero-order chi connectivity index (χ0) is 36.6. The van der Waals surface area contributed by atoms with Gasteiger partial charge in [0.1, 0.15) is 11.2 Å². The zero-order valence-corrected chi connectivity index (χ0v) is 32.1. The number of hydrogen-bond acceptors (Lipinski definition) is 3. The highest BCUT2D eigenvalue weighted by Crippen LogP contribution is 2.47. The van der Waals surface area contributed by atoms with Crippen LogP contribution in [-0.2, 0) is 11.8 Å². The van der Waals surface area contributed by atoms with Crippen LogP contribution >= 0.6 is 11.8 Å². The van der Waals surface area contributed by atoms with Crippen LogP contribution in [0.4, 0.5) is 17.1 Å². The minimum Gasteiger partial charge on any atom is -0.456 e. The lowest BCUT2D eigenvalue weighted by molar-refractivity contribution is 0.589. The van der Waals surface area contributed by atoms with E-state index in [0.29, 0.717) is 0 Å². The number of fused-ring (bicyclic) bond motifs is 7. The molecule has 0 bridgehead atoms. The van der Waals surface area contributed by atoms with Gasteiger partial charge in [-0.3, -0.25) is 0 Å². The molecule has 262 valence electrons. The number of para-hydroxylation sites is 1. The van der Waals surface area contributed by atoms with Crippen molar-refractivity contribution in [2.45, 2.75) is 62.2 Å². The quantitative estimate of drug-likeness (QED) is 0.160. The summed E-state index contributed by atoms with van der Waals surface area (Å²) in [6.07, 6.45) is 3.25. The van der Waals surface area contributed by atoms with Crippen molar-refractivity contribution in [1.82, 2.24) is 0 Å². The van der Waals surface area contributed by atoms with Crippen LogP contribution in [0.25, 0.3) is 44.2 Å². The first kappa shape index (κ1) is 33.1. The van der Waals surface area contributed by atoms with Gasteiger partial charge in [0.2, 0.25) is 6.71 Å². The smallest absolute Gasteiger partial charge is 0.249 e. The summed E-state index contributed by atoms with van der Waals surface area (Å²) in [4.78, 5) is 5.28. The van der Waals surface area contributed by atoms with E-state index in [0.717, 1.165) is 30.4 Å². The first-order chi connectivity index (χ1) is 26.4. The van der Waals surface area contributed by atoms with Gasteiger partial charge in [-0.2, -0.15) is 0 Å². The van der Waals surface area contributed by atoms with Crippen molar-refractivity contribution < 1.29 is 4.42 Å². The molecule has 0 saturated heterocycles. The van der Waals surface area contributed by atoms with E-state index in [1.165, 1.54) is 87.4 Å². The molecule has 1 aromatic heterocycles. The second-order valence-electron chi connectivity index (χ2n) is 16.0. The van der Waals surface area contributed by atoms with Gasteiger partial charge in [0.25, 0.3) is 0 Å². The lowest BCUT2D eigenvalue weighted by Crippen LogP contribution is -2.60. The molecule has 0 saturated carbocycles. The van der Waals surface area contributed by atoms with E-state index in [9.17, 15) is 0 Å². The van der Waals surface area contributed by atoms with Gasteiger partial charge in [0.05, 0.1) is 5.69 Å². The Hall–Kier alpha value is -5.45. The monoisotopic (exact) mass is 715 g/mol. The van der Waals surface area contributed by atoms with Gasteiger partial charge < -0.3 is 9.32 Å². The largest absolute Gasteiger partial charge is 0.456 e. The second kappa shape index (κ2) is 12.9. The van der Waals surface area contributed by atoms with E-state index in [-0.39, 0.29) is 12.1 Å². The van der Waals surface area contributed by atoms with Crippen LogP contribution in [-0.4, -0.2) is 6.71 Å². The van der Waals surface area contributed by atoms with Crippen molar-refractivity contribution in [3.8, 4) is 22.3 Å². The Morgan fingerprint density at radius 3 is 1.98 bits per heavy atom. The predicted octanol–water partition coefficient (Wildman–Crippen LogP) is 12.3. The van der Waals surface area contributed by atoms with Crippen LogP contribution in [0.2, 0.25) is 0 Å². The Morgan fingerprint density at radius 1 is 0.574 bits per heavy atom. The van der Waals surface area contributed by atoms with Crippen LogP contribution in [0.3, 0.4) is 0 Å². The molecule has 2 aliphatic rings. The standard InChI is InChI=1S/C50H42BNOS/c1-5-6-15-36-26-39-38-20-13-14-21-45(38)53-46(39)31-43(36)52-42-24-22-34(32-16-9-7-10-17-32)27-40(42)51-41-28-35(33-18-11-8-12-19-33)23-25-47(41)54-48-30-37(50(2,3)4)29-44(52)49(48)51/h7-14,16-31H,5-6,15H2,1-4H3. The maximum Gasteiger partial charge on any atom is 0.249 e. The van der Waals surface area contributed by atoms with E-state index >= 15 is 0 Å². The summed E-state index contributed by atoms with van der Waals surface area (Å²) in [6, 6.07) is 54.2. The van der Waals surface area contributed by atoms with Crippen LogP contribution in [0.15, 0.2) is 160 Å². The predicted molar refractivity (Wildman–Crippen MR) is 232 cm³/mol. The summed E-state index contributed by atoms with van der Waals surface area (Å²) in [5, 5.41) is 2.37. The number of aryl methyl sites for hydroxylation is 1. The van der Waals surface area contributed by atoms with Gasteiger partial charge in [0.15, 0.2) is 0 Å². The highest BCUT2D eigenvalue weighted by Gasteiger charge is 2.42. The Labute approximate surface area is 322 Å². The molecule has 2 aliphatic heterocycles. The first-order valence-electron chi connectivity index (χ1n) is 19.3. The third-order valence-corrected chi connectivity index (χ3v) is 12.6. The molecule has 0 fully saturated rings. The molecule has 4 heteroatoms. The van der Waals surface area contributed by atoms with Gasteiger partial charge in [-0.05, 0) is 99.0 Å². The number of unbranched alkanes of at least 4 members (excludes halogenated alkanes) is 1. The molecule has 0 amide bonds. The zero-order valence-electron chi connectivity index (χ0n) is 31.3. The fourth-order valence-corrected chi connectivity index (χ4v) is 9.83. The van der Waals surface area contributed by atoms with Gasteiger partial charge >= 0.3 is 0 Å². The molecule has 0 N–H and O–H groups in total. The Kier molecular flexibility index (Phi) is 7.89. The molecule has 2 nitrogen and oxygen atoms in total. The van der Waals surface area contributed by atoms with Crippen molar-refractivity contribution in [2.24, 2.45) is 0 Å². The minimum atomic E-state index is -0.0319. The van der Waals surface area contributed by atoms with E-state index in [1.54, 1.807) is 0 Å². The molecular weight excluding hydrogens is 673 g/mol. The number of furan rings is 1. The van der Waals surface area contributed by atoms with Crippen LogP contribution in [0, 0.1) is 0 Å². The highest BCUT2D eigenvalue weighted by atomic mass is 32.2. The fraction of sp³-hybridized carbons (Fsp3) is 0.160. The molecule has 7 aromatic carbocycles. The van der Waals surface area contributed by atoms with E-state index in [4.69, 9.17) is 4.42 Å². The lowest BCUT2D eigenvalue weighted by Gasteiger charge is -2.42. The SMILES string of the molecule is CCCCc1cc2c(cc1N1c3ccc(-c4ccccc4)cc3B3c4cc(-c5ccccc5)ccc4Sc4cc(C(C)(C)C)cc1c43)oc1ccccc12. The molecule has 0 unspecified atom stereocenters. The van der Waals surface area contributed by atoms with Gasteiger partial charge in [-0.15, -0.1) is 0 Å². The Balaban J connectivity index is 1.29. The number of rotatable bonds is 6. The summed E-state index contributed by atoms with van der Waals surface area (Å²) < 4.78 is 6.62. The summed E-state index contributed by atoms with van der Waals surface area (Å²) in [6.45, 7) is 9.39. The van der Waals surface area contributed by atoms with Crippen molar-refractivity contribution >= 4 is 73.9 Å². The van der Waals surface area contributed by atoms with Crippen LogP contribution in [0.1, 0.15) is 51.7 Å². The molecule has 10 rings (SSSR count). The maximum absolute atomic E-state index is 6.62. The number of anilines is 3. The maximum atomic E-state index is 6.62. The molecule has 54 heavy (non-hydrogen) atoms. The van der Waals surface area contributed by atoms with E-state index in [1.807, 2.05) is 11.8 Å². The molecule has 3 heterocycles. The number of hydrogen-bond donors (Lipinski definition) is 0. The second-order valence-corrected chi connectivity index (χ2v) is 17.0. The Bertz CT molecular complexity index is 2730. The van der Waals surface area contributed by atoms with Crippen LogP contribution < -0.4 is 21.3 Å². The molecule has 0 spiro atoms. The van der Waals surface area contributed by atoms with Gasteiger partial charge in [-0.1, -0.05) is 154 Å². The Morgan fingerprint density at radius 2 is 1.26 bits per heavy atom. The first-order valence-corrected chi connectivity index (χ1v) is 20.2. The topological polar surface area (TPSA) is 16.4 Å². The average molecular weight is 716 g/mol. The molecule has 0 aliphatic carbocycles. The normalized spacial score (nSPS) is 13.3. The number of benzene rings is 7. The minimum absolute atomic E-state index is 0.0319.